The molecule has 0 N–H and O–H groups in total. The van der Waals surface area contributed by atoms with Crippen LogP contribution in [0.4, 0.5) is 0 Å². The topological polar surface area (TPSA) is 17.8 Å². The molecular formula is C12H11BrN2. The number of nitrogens with zero attached hydrogens (tertiary/aromatic N) is 2. The molecule has 3 heteroatoms. The second-order valence-electron chi connectivity index (χ2n) is 3.85. The predicted molar refractivity (Wildman–Crippen MR) is 63.7 cm³/mol. The highest BCUT2D eigenvalue weighted by Crippen LogP contribution is 2.24. The molecule has 76 valence electrons. The highest BCUT2D eigenvalue weighted by molar-refractivity contribution is 9.10. The zero-order valence-corrected chi connectivity index (χ0v) is 9.87. The summed E-state index contributed by atoms with van der Waals surface area (Å²) in [5.41, 5.74) is 2.28. The molecule has 0 saturated carbocycles. The molecule has 2 heterocycles. The van der Waals surface area contributed by atoms with Crippen molar-refractivity contribution >= 4 is 15.9 Å². The van der Waals surface area contributed by atoms with Crippen molar-refractivity contribution in [2.75, 3.05) is 0 Å². The van der Waals surface area contributed by atoms with Gasteiger partial charge in [0.2, 0.25) is 0 Å². The lowest BCUT2D eigenvalue weighted by Gasteiger charge is -1.97. The zero-order valence-electron chi connectivity index (χ0n) is 8.28. The molecule has 1 aliphatic heterocycles. The van der Waals surface area contributed by atoms with Crippen molar-refractivity contribution in [3.63, 3.8) is 0 Å². The van der Waals surface area contributed by atoms with Crippen LogP contribution < -0.4 is 0 Å². The Bertz CT molecular complexity index is 481. The van der Waals surface area contributed by atoms with Crippen LogP contribution in [0, 0.1) is 0 Å². The lowest BCUT2D eigenvalue weighted by Crippen LogP contribution is -1.87. The number of rotatable bonds is 1. The largest absolute Gasteiger partial charge is 0.334 e. The predicted octanol–water partition coefficient (Wildman–Crippen LogP) is 3.26. The van der Waals surface area contributed by atoms with Crippen LogP contribution in [-0.2, 0) is 13.0 Å². The number of imidazole rings is 1. The second kappa shape index (κ2) is 3.49. The van der Waals surface area contributed by atoms with Crippen molar-refractivity contribution in [1.82, 2.24) is 9.55 Å². The van der Waals surface area contributed by atoms with E-state index >= 15 is 0 Å². The number of aromatic nitrogens is 2. The minimum absolute atomic E-state index is 1.09. The smallest absolute Gasteiger partial charge is 0.109 e. The summed E-state index contributed by atoms with van der Waals surface area (Å²) < 4.78 is 3.36. The van der Waals surface area contributed by atoms with Gasteiger partial charge in [-0.2, -0.15) is 0 Å². The third-order valence-electron chi connectivity index (χ3n) is 2.78. The van der Waals surface area contributed by atoms with Gasteiger partial charge >= 0.3 is 0 Å². The molecule has 0 bridgehead atoms. The van der Waals surface area contributed by atoms with Crippen LogP contribution in [0.5, 0.6) is 0 Å². The maximum atomic E-state index is 4.64. The van der Waals surface area contributed by atoms with Gasteiger partial charge in [-0.3, -0.25) is 0 Å². The third-order valence-corrected chi connectivity index (χ3v) is 3.27. The minimum atomic E-state index is 1.09. The van der Waals surface area contributed by atoms with Gasteiger partial charge in [0.15, 0.2) is 0 Å². The van der Waals surface area contributed by atoms with Gasteiger partial charge in [0.05, 0.1) is 5.69 Å². The number of hydrogen-bond donors (Lipinski definition) is 0. The van der Waals surface area contributed by atoms with E-state index in [2.05, 4.69) is 43.8 Å². The molecule has 1 aliphatic rings. The van der Waals surface area contributed by atoms with Gasteiger partial charge in [0.1, 0.15) is 5.82 Å². The molecule has 0 saturated heterocycles. The summed E-state index contributed by atoms with van der Waals surface area (Å²) in [7, 11) is 0. The fourth-order valence-corrected chi connectivity index (χ4v) is 2.44. The van der Waals surface area contributed by atoms with E-state index in [1.807, 2.05) is 12.1 Å². The molecule has 0 unspecified atom stereocenters. The van der Waals surface area contributed by atoms with E-state index < -0.39 is 0 Å². The first-order valence-corrected chi connectivity index (χ1v) is 5.94. The fraction of sp³-hybridized carbons (Fsp3) is 0.250. The van der Waals surface area contributed by atoms with Gasteiger partial charge in [0.25, 0.3) is 0 Å². The molecule has 0 fully saturated rings. The maximum absolute atomic E-state index is 4.64. The van der Waals surface area contributed by atoms with Crippen LogP contribution in [0.1, 0.15) is 12.2 Å². The van der Waals surface area contributed by atoms with Crippen LogP contribution in [0.3, 0.4) is 0 Å². The summed E-state index contributed by atoms with van der Waals surface area (Å²) in [4.78, 5) is 4.64. The Hall–Kier alpha value is -1.09. The fourth-order valence-electron chi connectivity index (χ4n) is 2.04. The molecule has 2 nitrogen and oxygen atoms in total. The van der Waals surface area contributed by atoms with E-state index in [9.17, 15) is 0 Å². The molecule has 3 rings (SSSR count). The Kier molecular flexibility index (Phi) is 2.13. The van der Waals surface area contributed by atoms with Gasteiger partial charge in [-0.1, -0.05) is 28.1 Å². The molecule has 1 aromatic heterocycles. The van der Waals surface area contributed by atoms with Crippen molar-refractivity contribution < 1.29 is 0 Å². The quantitative estimate of drug-likeness (QED) is 0.772. The number of fused-ring (bicyclic) bond motifs is 1. The average molecular weight is 263 g/mol. The van der Waals surface area contributed by atoms with Gasteiger partial charge < -0.3 is 4.57 Å². The first-order chi connectivity index (χ1) is 7.33. The number of hydrogen-bond acceptors (Lipinski definition) is 1. The van der Waals surface area contributed by atoms with Gasteiger partial charge in [-0.25, -0.2) is 4.98 Å². The SMILES string of the molecule is Brc1cccc(-c2cn3c(n2)CCC3)c1. The Balaban J connectivity index is 2.06. The van der Waals surface area contributed by atoms with Crippen molar-refractivity contribution in [2.24, 2.45) is 0 Å². The van der Waals surface area contributed by atoms with E-state index in [0.29, 0.717) is 0 Å². The Morgan fingerprint density at radius 2 is 2.27 bits per heavy atom. The van der Waals surface area contributed by atoms with Gasteiger partial charge in [-0.05, 0) is 18.6 Å². The average Bonchev–Trinajstić information content (AvgIpc) is 2.76. The molecule has 0 aliphatic carbocycles. The van der Waals surface area contributed by atoms with Crippen molar-refractivity contribution in [1.29, 1.82) is 0 Å². The molecule has 1 aromatic carbocycles. The van der Waals surface area contributed by atoms with Crippen molar-refractivity contribution in [2.45, 2.75) is 19.4 Å². The Morgan fingerprint density at radius 1 is 1.33 bits per heavy atom. The Morgan fingerprint density at radius 3 is 3.07 bits per heavy atom. The summed E-state index contributed by atoms with van der Waals surface area (Å²) >= 11 is 3.48. The van der Waals surface area contributed by atoms with Gasteiger partial charge in [-0.15, -0.1) is 0 Å². The molecule has 0 amide bonds. The number of benzene rings is 1. The summed E-state index contributed by atoms with van der Waals surface area (Å²) in [6.45, 7) is 1.12. The van der Waals surface area contributed by atoms with E-state index in [-0.39, 0.29) is 0 Å². The van der Waals surface area contributed by atoms with Crippen LogP contribution in [-0.4, -0.2) is 9.55 Å². The van der Waals surface area contributed by atoms with Crippen LogP contribution in [0.2, 0.25) is 0 Å². The minimum Gasteiger partial charge on any atom is -0.334 e. The highest BCUT2D eigenvalue weighted by Gasteiger charge is 2.14. The summed E-state index contributed by atoms with van der Waals surface area (Å²) in [6.07, 6.45) is 4.51. The number of aryl methyl sites for hydroxylation is 2. The summed E-state index contributed by atoms with van der Waals surface area (Å²) in [6, 6.07) is 8.29. The number of halogens is 1. The first kappa shape index (κ1) is 9.16. The summed E-state index contributed by atoms with van der Waals surface area (Å²) in [5.74, 6) is 1.23. The van der Waals surface area contributed by atoms with Crippen LogP contribution in [0.15, 0.2) is 34.9 Å². The zero-order chi connectivity index (χ0) is 10.3. The molecule has 0 radical (unpaired) electrons. The highest BCUT2D eigenvalue weighted by atomic mass is 79.9. The monoisotopic (exact) mass is 262 g/mol. The van der Waals surface area contributed by atoms with E-state index in [1.54, 1.807) is 0 Å². The molecule has 0 atom stereocenters. The molecular weight excluding hydrogens is 252 g/mol. The van der Waals surface area contributed by atoms with Crippen LogP contribution >= 0.6 is 15.9 Å². The summed E-state index contributed by atoms with van der Waals surface area (Å²) in [5, 5.41) is 0. The van der Waals surface area contributed by atoms with E-state index in [1.165, 1.54) is 17.8 Å². The Labute approximate surface area is 97.1 Å². The lowest BCUT2D eigenvalue weighted by molar-refractivity contribution is 0.750. The first-order valence-electron chi connectivity index (χ1n) is 5.15. The lowest BCUT2D eigenvalue weighted by atomic mass is 10.2. The molecule has 2 aromatic rings. The van der Waals surface area contributed by atoms with Gasteiger partial charge in [0, 0.05) is 29.2 Å². The van der Waals surface area contributed by atoms with Crippen molar-refractivity contribution in [3.8, 4) is 11.3 Å². The van der Waals surface area contributed by atoms with E-state index in [0.717, 1.165) is 23.1 Å². The third kappa shape index (κ3) is 1.61. The molecule has 15 heavy (non-hydrogen) atoms. The molecule has 0 spiro atoms. The van der Waals surface area contributed by atoms with Crippen molar-refractivity contribution in [3.05, 3.63) is 40.8 Å². The van der Waals surface area contributed by atoms with E-state index in [4.69, 9.17) is 0 Å². The standard InChI is InChI=1S/C12H11BrN2/c13-10-4-1-3-9(7-10)11-8-15-6-2-5-12(15)14-11/h1,3-4,7-8H,2,5-6H2. The normalized spacial score (nSPS) is 14.2. The maximum Gasteiger partial charge on any atom is 0.109 e. The second-order valence-corrected chi connectivity index (χ2v) is 4.77. The van der Waals surface area contributed by atoms with Crippen LogP contribution in [0.25, 0.3) is 11.3 Å².